The van der Waals surface area contributed by atoms with Crippen LogP contribution >= 0.6 is 0 Å². The first-order chi connectivity index (χ1) is 11.7. The van der Waals surface area contributed by atoms with Gasteiger partial charge in [0.15, 0.2) is 0 Å². The van der Waals surface area contributed by atoms with Crippen molar-refractivity contribution in [1.82, 2.24) is 10.6 Å². The van der Waals surface area contributed by atoms with E-state index in [2.05, 4.69) is 10.6 Å². The van der Waals surface area contributed by atoms with Crippen molar-refractivity contribution in [3.63, 3.8) is 0 Å². The molecule has 1 heterocycles. The minimum absolute atomic E-state index is 0.0128. The first-order valence-electron chi connectivity index (χ1n) is 8.57. The molecule has 6 heteroatoms. The molecule has 1 aliphatic rings. The minimum Gasteiger partial charge on any atom is -0.491 e. The number of rotatable bonds is 9. The van der Waals surface area contributed by atoms with Crippen molar-refractivity contribution in [2.75, 3.05) is 39.6 Å². The molecule has 1 aliphatic heterocycles. The number of morpholine rings is 1. The molecule has 1 atom stereocenters. The van der Waals surface area contributed by atoms with Gasteiger partial charge in [-0.1, -0.05) is 12.1 Å². The summed E-state index contributed by atoms with van der Waals surface area (Å²) >= 11 is 0. The number of carbonyl (C=O) groups excluding carboxylic acids is 1. The second kappa shape index (κ2) is 10.3. The van der Waals surface area contributed by atoms with Crippen molar-refractivity contribution in [3.8, 4) is 5.75 Å². The molecule has 1 amide bonds. The van der Waals surface area contributed by atoms with E-state index >= 15 is 0 Å². The molecular formula is C18H28N2O4. The van der Waals surface area contributed by atoms with E-state index in [1.165, 1.54) is 0 Å². The summed E-state index contributed by atoms with van der Waals surface area (Å²) < 4.78 is 16.5. The van der Waals surface area contributed by atoms with E-state index in [-0.39, 0.29) is 11.9 Å². The highest BCUT2D eigenvalue weighted by molar-refractivity contribution is 5.76. The Balaban J connectivity index is 1.82. The van der Waals surface area contributed by atoms with E-state index in [0.29, 0.717) is 46.0 Å². The molecule has 2 rings (SSSR count). The lowest BCUT2D eigenvalue weighted by Crippen LogP contribution is -2.44. The summed E-state index contributed by atoms with van der Waals surface area (Å²) in [7, 11) is 0. The zero-order valence-corrected chi connectivity index (χ0v) is 14.6. The second-order valence-electron chi connectivity index (χ2n) is 5.86. The zero-order valence-electron chi connectivity index (χ0n) is 14.6. The summed E-state index contributed by atoms with van der Waals surface area (Å²) in [6, 6.07) is 6.10. The van der Waals surface area contributed by atoms with Gasteiger partial charge >= 0.3 is 0 Å². The van der Waals surface area contributed by atoms with Crippen molar-refractivity contribution >= 4 is 5.91 Å². The standard InChI is InChI=1S/C18H28N2O4/c1-3-22-8-9-24-17-10-14(2)4-5-15(17)12-20-18(21)11-16-13-23-7-6-19-16/h4-5,10,16,19H,3,6-9,11-13H2,1-2H3,(H,20,21). The fourth-order valence-electron chi connectivity index (χ4n) is 2.54. The van der Waals surface area contributed by atoms with Crippen molar-refractivity contribution in [3.05, 3.63) is 29.3 Å². The summed E-state index contributed by atoms with van der Waals surface area (Å²) in [5, 5.41) is 6.24. The highest BCUT2D eigenvalue weighted by Crippen LogP contribution is 2.20. The van der Waals surface area contributed by atoms with Crippen LogP contribution in [0.5, 0.6) is 5.75 Å². The molecule has 24 heavy (non-hydrogen) atoms. The summed E-state index contributed by atoms with van der Waals surface area (Å²) in [6.07, 6.45) is 0.423. The van der Waals surface area contributed by atoms with E-state index in [4.69, 9.17) is 14.2 Å². The zero-order chi connectivity index (χ0) is 17.2. The van der Waals surface area contributed by atoms with Crippen LogP contribution in [0.2, 0.25) is 0 Å². The van der Waals surface area contributed by atoms with Crippen LogP contribution in [0, 0.1) is 6.92 Å². The molecule has 0 saturated carbocycles. The number of nitrogens with one attached hydrogen (secondary N) is 2. The number of hydrogen-bond acceptors (Lipinski definition) is 5. The van der Waals surface area contributed by atoms with Gasteiger partial charge in [-0.05, 0) is 25.5 Å². The maximum Gasteiger partial charge on any atom is 0.221 e. The largest absolute Gasteiger partial charge is 0.491 e. The molecule has 1 aromatic rings. The highest BCUT2D eigenvalue weighted by Gasteiger charge is 2.17. The lowest BCUT2D eigenvalue weighted by molar-refractivity contribution is -0.122. The number of carbonyl (C=O) groups is 1. The molecule has 0 radical (unpaired) electrons. The first kappa shape index (κ1) is 18.7. The maximum absolute atomic E-state index is 12.1. The van der Waals surface area contributed by atoms with Gasteiger partial charge in [0.05, 0.1) is 19.8 Å². The summed E-state index contributed by atoms with van der Waals surface area (Å²) in [5.41, 5.74) is 2.10. The first-order valence-corrected chi connectivity index (χ1v) is 8.57. The molecule has 0 bridgehead atoms. The Morgan fingerprint density at radius 1 is 1.42 bits per heavy atom. The van der Waals surface area contributed by atoms with Gasteiger partial charge in [0.1, 0.15) is 12.4 Å². The van der Waals surface area contributed by atoms with Gasteiger partial charge in [0.2, 0.25) is 5.91 Å². The molecule has 0 aromatic heterocycles. The monoisotopic (exact) mass is 336 g/mol. The predicted molar refractivity (Wildman–Crippen MR) is 92.2 cm³/mol. The number of hydrogen-bond donors (Lipinski definition) is 2. The quantitative estimate of drug-likeness (QED) is 0.667. The van der Waals surface area contributed by atoms with E-state index < -0.39 is 0 Å². The van der Waals surface area contributed by atoms with Crippen molar-refractivity contribution in [1.29, 1.82) is 0 Å². The van der Waals surface area contributed by atoms with Gasteiger partial charge in [-0.15, -0.1) is 0 Å². The van der Waals surface area contributed by atoms with Crippen LogP contribution in [0.15, 0.2) is 18.2 Å². The second-order valence-corrected chi connectivity index (χ2v) is 5.86. The molecule has 1 fully saturated rings. The number of ether oxygens (including phenoxy) is 3. The Hall–Kier alpha value is -1.63. The Kier molecular flexibility index (Phi) is 8.01. The van der Waals surface area contributed by atoms with Crippen LogP contribution in [0.25, 0.3) is 0 Å². The minimum atomic E-state index is 0.0128. The van der Waals surface area contributed by atoms with Crippen LogP contribution < -0.4 is 15.4 Å². The average molecular weight is 336 g/mol. The fourth-order valence-corrected chi connectivity index (χ4v) is 2.54. The molecule has 1 saturated heterocycles. The summed E-state index contributed by atoms with van der Waals surface area (Å²) in [4.78, 5) is 12.1. The molecule has 1 unspecified atom stereocenters. The van der Waals surface area contributed by atoms with Crippen LogP contribution in [0.1, 0.15) is 24.5 Å². The van der Waals surface area contributed by atoms with Crippen molar-refractivity contribution in [2.24, 2.45) is 0 Å². The van der Waals surface area contributed by atoms with Gasteiger partial charge in [-0.2, -0.15) is 0 Å². The normalized spacial score (nSPS) is 17.5. The topological polar surface area (TPSA) is 68.8 Å². The lowest BCUT2D eigenvalue weighted by Gasteiger charge is -2.23. The third-order valence-corrected chi connectivity index (χ3v) is 3.82. The Bertz CT molecular complexity index is 516. The number of aryl methyl sites for hydroxylation is 1. The van der Waals surface area contributed by atoms with Crippen molar-refractivity contribution in [2.45, 2.75) is 32.9 Å². The molecule has 0 spiro atoms. The summed E-state index contributed by atoms with van der Waals surface area (Å²) in [5.74, 6) is 0.813. The van der Waals surface area contributed by atoms with E-state index in [9.17, 15) is 4.79 Å². The summed E-state index contributed by atoms with van der Waals surface area (Å²) in [6.45, 7) is 8.27. The Morgan fingerprint density at radius 2 is 2.29 bits per heavy atom. The van der Waals surface area contributed by atoms with Crippen molar-refractivity contribution < 1.29 is 19.0 Å². The third-order valence-electron chi connectivity index (χ3n) is 3.82. The number of benzene rings is 1. The van der Waals surface area contributed by atoms with E-state index in [1.807, 2.05) is 32.0 Å². The average Bonchev–Trinajstić information content (AvgIpc) is 2.59. The molecule has 6 nitrogen and oxygen atoms in total. The Morgan fingerprint density at radius 3 is 3.04 bits per heavy atom. The third kappa shape index (κ3) is 6.47. The predicted octanol–water partition coefficient (Wildman–Crippen LogP) is 1.41. The maximum atomic E-state index is 12.1. The van der Waals surface area contributed by atoms with Gasteiger partial charge in [-0.3, -0.25) is 4.79 Å². The molecule has 134 valence electrons. The van der Waals surface area contributed by atoms with Gasteiger partial charge in [0, 0.05) is 37.7 Å². The molecule has 1 aromatic carbocycles. The number of amides is 1. The lowest BCUT2D eigenvalue weighted by atomic mass is 10.1. The van der Waals surface area contributed by atoms with E-state index in [0.717, 1.165) is 23.4 Å². The van der Waals surface area contributed by atoms with Crippen LogP contribution in [-0.2, 0) is 20.8 Å². The van der Waals surface area contributed by atoms with Crippen LogP contribution in [-0.4, -0.2) is 51.5 Å². The molecule has 0 aliphatic carbocycles. The van der Waals surface area contributed by atoms with E-state index in [1.54, 1.807) is 0 Å². The molecular weight excluding hydrogens is 308 g/mol. The smallest absolute Gasteiger partial charge is 0.221 e. The fraction of sp³-hybridized carbons (Fsp3) is 0.611. The van der Waals surface area contributed by atoms with Gasteiger partial charge in [-0.25, -0.2) is 0 Å². The Labute approximate surface area is 143 Å². The van der Waals surface area contributed by atoms with Gasteiger partial charge < -0.3 is 24.8 Å². The molecule has 2 N–H and O–H groups in total. The van der Waals surface area contributed by atoms with Crippen LogP contribution in [0.4, 0.5) is 0 Å². The SMILES string of the molecule is CCOCCOc1cc(C)ccc1CNC(=O)CC1COCCN1. The van der Waals surface area contributed by atoms with Gasteiger partial charge in [0.25, 0.3) is 0 Å². The highest BCUT2D eigenvalue weighted by atomic mass is 16.5. The van der Waals surface area contributed by atoms with Crippen LogP contribution in [0.3, 0.4) is 0 Å².